The van der Waals surface area contributed by atoms with Gasteiger partial charge in [-0.3, -0.25) is 14.4 Å². The zero-order valence-electron chi connectivity index (χ0n) is 23.8. The van der Waals surface area contributed by atoms with Crippen molar-refractivity contribution in [3.8, 4) is 11.5 Å². The maximum Gasteiger partial charge on any atom is 0.341 e. The van der Waals surface area contributed by atoms with Gasteiger partial charge in [0.2, 0.25) is 5.91 Å². The van der Waals surface area contributed by atoms with E-state index in [0.29, 0.717) is 34.0 Å². The van der Waals surface area contributed by atoms with Crippen molar-refractivity contribution in [3.63, 3.8) is 0 Å². The van der Waals surface area contributed by atoms with E-state index in [9.17, 15) is 19.2 Å². The van der Waals surface area contributed by atoms with Crippen LogP contribution >= 0.6 is 23.1 Å². The first-order chi connectivity index (χ1) is 20.7. The Morgan fingerprint density at radius 1 is 0.767 bits per heavy atom. The van der Waals surface area contributed by atoms with E-state index in [1.165, 1.54) is 33.1 Å². The number of thioether (sulfide) groups is 1. The van der Waals surface area contributed by atoms with Crippen LogP contribution in [-0.2, 0) is 9.53 Å². The molecular formula is C31H29N3O7S2. The summed E-state index contributed by atoms with van der Waals surface area (Å²) in [5.41, 5.74) is 2.07. The Kier molecular flexibility index (Phi) is 10.4. The van der Waals surface area contributed by atoms with Crippen molar-refractivity contribution in [1.82, 2.24) is 0 Å². The SMILES string of the molecule is COC(=O)c1c(NC(=O)CSc2cccc(NC(=O)c3ccc(OC)c(OC)c3)c2)sc(C(=O)Nc2ccccc2)c1C. The fourth-order valence-electron chi connectivity index (χ4n) is 4.03. The second kappa shape index (κ2) is 14.4. The summed E-state index contributed by atoms with van der Waals surface area (Å²) in [7, 11) is 4.25. The molecule has 12 heteroatoms. The minimum Gasteiger partial charge on any atom is -0.493 e. The molecule has 43 heavy (non-hydrogen) atoms. The van der Waals surface area contributed by atoms with Gasteiger partial charge in [-0.05, 0) is 61.0 Å². The van der Waals surface area contributed by atoms with Gasteiger partial charge in [0.15, 0.2) is 11.5 Å². The first kappa shape index (κ1) is 31.1. The molecule has 0 radical (unpaired) electrons. The van der Waals surface area contributed by atoms with E-state index in [-0.39, 0.29) is 33.0 Å². The summed E-state index contributed by atoms with van der Waals surface area (Å²) < 4.78 is 15.4. The number of para-hydroxylation sites is 1. The van der Waals surface area contributed by atoms with Gasteiger partial charge in [-0.15, -0.1) is 23.1 Å². The molecule has 4 aromatic rings. The summed E-state index contributed by atoms with van der Waals surface area (Å²) in [6.45, 7) is 1.63. The lowest BCUT2D eigenvalue weighted by atomic mass is 10.1. The Labute approximate surface area is 256 Å². The highest BCUT2D eigenvalue weighted by Crippen LogP contribution is 2.35. The van der Waals surface area contributed by atoms with Crippen molar-refractivity contribution < 1.29 is 33.4 Å². The zero-order chi connectivity index (χ0) is 30.9. The number of benzene rings is 3. The number of anilines is 3. The lowest BCUT2D eigenvalue weighted by Crippen LogP contribution is -2.16. The molecule has 0 atom stereocenters. The molecule has 222 valence electrons. The number of hydrogen-bond acceptors (Lipinski definition) is 9. The molecule has 0 bridgehead atoms. The van der Waals surface area contributed by atoms with E-state index < -0.39 is 11.9 Å². The molecule has 0 aliphatic rings. The minimum absolute atomic E-state index is 0.0101. The van der Waals surface area contributed by atoms with E-state index in [4.69, 9.17) is 14.2 Å². The van der Waals surface area contributed by atoms with Crippen LogP contribution < -0.4 is 25.4 Å². The summed E-state index contributed by atoms with van der Waals surface area (Å²) in [4.78, 5) is 52.3. The quantitative estimate of drug-likeness (QED) is 0.136. The van der Waals surface area contributed by atoms with Crippen molar-refractivity contribution in [2.24, 2.45) is 0 Å². The predicted octanol–water partition coefficient (Wildman–Crippen LogP) is 6.10. The predicted molar refractivity (Wildman–Crippen MR) is 168 cm³/mol. The monoisotopic (exact) mass is 619 g/mol. The van der Waals surface area contributed by atoms with Gasteiger partial charge in [-0.2, -0.15) is 0 Å². The van der Waals surface area contributed by atoms with Gasteiger partial charge in [0.1, 0.15) is 5.00 Å². The van der Waals surface area contributed by atoms with E-state index in [1.807, 2.05) is 12.1 Å². The number of hydrogen-bond donors (Lipinski definition) is 3. The Balaban J connectivity index is 1.42. The third-order valence-electron chi connectivity index (χ3n) is 6.13. The minimum atomic E-state index is -0.659. The molecule has 0 spiro atoms. The smallest absolute Gasteiger partial charge is 0.341 e. The van der Waals surface area contributed by atoms with Gasteiger partial charge in [-0.1, -0.05) is 24.3 Å². The third kappa shape index (κ3) is 7.73. The van der Waals surface area contributed by atoms with Gasteiger partial charge in [0.25, 0.3) is 11.8 Å². The van der Waals surface area contributed by atoms with E-state index >= 15 is 0 Å². The van der Waals surface area contributed by atoms with E-state index in [0.717, 1.165) is 16.2 Å². The van der Waals surface area contributed by atoms with Crippen LogP contribution in [0.1, 0.15) is 36.0 Å². The summed E-state index contributed by atoms with van der Waals surface area (Å²) in [6, 6.07) is 20.8. The highest BCUT2D eigenvalue weighted by atomic mass is 32.2. The van der Waals surface area contributed by atoms with Crippen LogP contribution in [0.5, 0.6) is 11.5 Å². The zero-order valence-corrected chi connectivity index (χ0v) is 25.4. The number of rotatable bonds is 11. The molecule has 3 N–H and O–H groups in total. The molecule has 3 amide bonds. The molecule has 10 nitrogen and oxygen atoms in total. The maximum absolute atomic E-state index is 13.0. The molecule has 0 aliphatic carbocycles. The van der Waals surface area contributed by atoms with Crippen LogP contribution in [0.15, 0.2) is 77.7 Å². The Hall–Kier alpha value is -4.81. The highest BCUT2D eigenvalue weighted by Gasteiger charge is 2.26. The summed E-state index contributed by atoms with van der Waals surface area (Å²) in [5, 5.41) is 8.62. The van der Waals surface area contributed by atoms with Crippen molar-refractivity contribution >= 4 is 63.2 Å². The number of nitrogens with one attached hydrogen (secondary N) is 3. The van der Waals surface area contributed by atoms with Crippen molar-refractivity contribution in [3.05, 3.63) is 94.4 Å². The Morgan fingerprint density at radius 2 is 1.47 bits per heavy atom. The standard InChI is InChI=1S/C31H29N3O7S2/c1-18-26(31(38)41-4)30(43-27(18)29(37)32-20-9-6-5-7-10-20)34-25(35)17-42-22-12-8-11-21(16-22)33-28(36)19-13-14-23(39-2)24(15-19)40-3/h5-16H,17H2,1-4H3,(H,32,37)(H,33,36)(H,34,35). The molecule has 0 fully saturated rings. The van der Waals surface area contributed by atoms with Gasteiger partial charge >= 0.3 is 5.97 Å². The van der Waals surface area contributed by atoms with Crippen molar-refractivity contribution in [1.29, 1.82) is 0 Å². The highest BCUT2D eigenvalue weighted by molar-refractivity contribution is 8.00. The molecule has 0 saturated heterocycles. The van der Waals surface area contributed by atoms with Gasteiger partial charge in [-0.25, -0.2) is 4.79 Å². The topological polar surface area (TPSA) is 132 Å². The van der Waals surface area contributed by atoms with Gasteiger partial charge < -0.3 is 30.2 Å². The lowest BCUT2D eigenvalue weighted by molar-refractivity contribution is -0.113. The normalized spacial score (nSPS) is 10.4. The van der Waals surface area contributed by atoms with Crippen LogP contribution in [0.2, 0.25) is 0 Å². The molecular weight excluding hydrogens is 590 g/mol. The number of ether oxygens (including phenoxy) is 3. The Morgan fingerprint density at radius 3 is 2.16 bits per heavy atom. The second-order valence-electron chi connectivity index (χ2n) is 8.96. The number of esters is 1. The van der Waals surface area contributed by atoms with Crippen LogP contribution in [0.25, 0.3) is 0 Å². The lowest BCUT2D eigenvalue weighted by Gasteiger charge is -2.11. The second-order valence-corrected chi connectivity index (χ2v) is 11.0. The van der Waals surface area contributed by atoms with E-state index in [2.05, 4.69) is 16.0 Å². The fourth-order valence-corrected chi connectivity index (χ4v) is 5.89. The Bertz CT molecular complexity index is 1650. The number of amides is 3. The first-order valence-corrected chi connectivity index (χ1v) is 14.7. The maximum atomic E-state index is 13.0. The van der Waals surface area contributed by atoms with Crippen molar-refractivity contribution in [2.45, 2.75) is 11.8 Å². The number of carbonyl (C=O) groups is 4. The number of carbonyl (C=O) groups excluding carboxylic acids is 4. The molecule has 0 unspecified atom stereocenters. The summed E-state index contributed by atoms with van der Waals surface area (Å²) in [6.07, 6.45) is 0. The average Bonchev–Trinajstić information content (AvgIpc) is 3.35. The summed E-state index contributed by atoms with van der Waals surface area (Å²) >= 11 is 2.25. The number of thiophene rings is 1. The number of methoxy groups -OCH3 is 3. The third-order valence-corrected chi connectivity index (χ3v) is 8.33. The molecule has 4 rings (SSSR count). The van der Waals surface area contributed by atoms with Crippen LogP contribution in [0.3, 0.4) is 0 Å². The van der Waals surface area contributed by atoms with E-state index in [1.54, 1.807) is 67.6 Å². The molecule has 0 aliphatic heterocycles. The molecule has 3 aromatic carbocycles. The van der Waals surface area contributed by atoms with Gasteiger partial charge in [0.05, 0.1) is 37.5 Å². The largest absolute Gasteiger partial charge is 0.493 e. The molecule has 0 saturated carbocycles. The van der Waals surface area contributed by atoms with Gasteiger partial charge in [0, 0.05) is 21.8 Å². The average molecular weight is 620 g/mol. The van der Waals surface area contributed by atoms with Crippen LogP contribution in [0, 0.1) is 6.92 Å². The van der Waals surface area contributed by atoms with Crippen LogP contribution in [0.4, 0.5) is 16.4 Å². The molecule has 1 heterocycles. The molecule has 1 aromatic heterocycles. The van der Waals surface area contributed by atoms with Crippen LogP contribution in [-0.4, -0.2) is 50.8 Å². The first-order valence-electron chi connectivity index (χ1n) is 12.9. The van der Waals surface area contributed by atoms with Crippen molar-refractivity contribution in [2.75, 3.05) is 43.0 Å². The summed E-state index contributed by atoms with van der Waals surface area (Å²) in [5.74, 6) is -0.822. The fraction of sp³-hybridized carbons (Fsp3) is 0.161.